The highest BCUT2D eigenvalue weighted by atomic mass is 16.2. The minimum Gasteiger partial charge on any atom is -0.333 e. The predicted molar refractivity (Wildman–Crippen MR) is 50.8 cm³/mol. The third kappa shape index (κ3) is 0.997. The lowest BCUT2D eigenvalue weighted by molar-refractivity contribution is 0.0730. The van der Waals surface area contributed by atoms with Gasteiger partial charge >= 0.3 is 0 Å². The summed E-state index contributed by atoms with van der Waals surface area (Å²) in [4.78, 5) is 14.1. The van der Waals surface area contributed by atoms with Crippen LogP contribution in [0.25, 0.3) is 0 Å². The molecule has 4 nitrogen and oxygen atoms in total. The van der Waals surface area contributed by atoms with E-state index in [1.165, 1.54) is 25.7 Å². The smallest absolute Gasteiger partial charge is 0.257 e. The topological polar surface area (TPSA) is 49.0 Å². The Labute approximate surface area is 82.3 Å². The first-order valence-corrected chi connectivity index (χ1v) is 5.17. The molecule has 0 aliphatic carbocycles. The summed E-state index contributed by atoms with van der Waals surface area (Å²) in [5, 5.41) is 6.50. The van der Waals surface area contributed by atoms with Crippen molar-refractivity contribution in [2.75, 3.05) is 0 Å². The summed E-state index contributed by atoms with van der Waals surface area (Å²) < 4.78 is 0. The molecule has 0 radical (unpaired) electrons. The quantitative estimate of drug-likeness (QED) is 0.724. The van der Waals surface area contributed by atoms with Gasteiger partial charge in [0.25, 0.3) is 5.91 Å². The first-order valence-electron chi connectivity index (χ1n) is 5.17. The molecule has 2 bridgehead atoms. The zero-order valence-corrected chi connectivity index (χ0v) is 7.94. The SMILES string of the molecule is O=C(c1cn[nH]c1)N1C2CCC1CC2. The van der Waals surface area contributed by atoms with E-state index >= 15 is 0 Å². The molecule has 0 saturated carbocycles. The van der Waals surface area contributed by atoms with Gasteiger partial charge in [0.05, 0.1) is 11.8 Å². The van der Waals surface area contributed by atoms with Crippen LogP contribution in [-0.4, -0.2) is 33.1 Å². The summed E-state index contributed by atoms with van der Waals surface area (Å²) in [6.45, 7) is 0. The van der Waals surface area contributed by atoms with Gasteiger partial charge in [0, 0.05) is 18.3 Å². The van der Waals surface area contributed by atoms with E-state index in [-0.39, 0.29) is 5.91 Å². The van der Waals surface area contributed by atoms with Gasteiger partial charge < -0.3 is 4.90 Å². The van der Waals surface area contributed by atoms with E-state index in [9.17, 15) is 4.79 Å². The van der Waals surface area contributed by atoms with Crippen molar-refractivity contribution in [1.82, 2.24) is 15.1 Å². The average molecular weight is 191 g/mol. The van der Waals surface area contributed by atoms with Gasteiger partial charge in [-0.25, -0.2) is 0 Å². The average Bonchev–Trinajstić information content (AvgIpc) is 2.94. The Kier molecular flexibility index (Phi) is 1.63. The van der Waals surface area contributed by atoms with Gasteiger partial charge in [0.2, 0.25) is 0 Å². The molecular formula is C10H13N3O. The van der Waals surface area contributed by atoms with Crippen molar-refractivity contribution in [2.24, 2.45) is 0 Å². The van der Waals surface area contributed by atoms with E-state index in [1.807, 2.05) is 0 Å². The molecule has 0 unspecified atom stereocenters. The molecule has 0 aromatic carbocycles. The standard InChI is InChI=1S/C10H13N3O/c14-10(7-5-11-12-6-7)13-8-1-2-9(13)4-3-8/h5-6,8-9H,1-4H2,(H,11,12). The van der Waals surface area contributed by atoms with Crippen LogP contribution in [0.3, 0.4) is 0 Å². The van der Waals surface area contributed by atoms with Crippen molar-refractivity contribution in [1.29, 1.82) is 0 Å². The number of aromatic amines is 1. The van der Waals surface area contributed by atoms with Crippen molar-refractivity contribution in [3.63, 3.8) is 0 Å². The first-order chi connectivity index (χ1) is 6.86. The molecule has 1 aromatic rings. The third-order valence-corrected chi connectivity index (χ3v) is 3.43. The number of nitrogens with one attached hydrogen (secondary N) is 1. The number of carbonyl (C=O) groups is 1. The number of H-pyrrole nitrogens is 1. The van der Waals surface area contributed by atoms with Crippen molar-refractivity contribution >= 4 is 5.91 Å². The Balaban J connectivity index is 1.87. The Morgan fingerprint density at radius 1 is 1.36 bits per heavy atom. The van der Waals surface area contributed by atoms with Crippen molar-refractivity contribution < 1.29 is 4.79 Å². The molecule has 3 rings (SSSR count). The Hall–Kier alpha value is -1.32. The molecule has 2 saturated heterocycles. The van der Waals surface area contributed by atoms with Crippen molar-refractivity contribution in [3.05, 3.63) is 18.0 Å². The van der Waals surface area contributed by atoms with E-state index in [2.05, 4.69) is 15.1 Å². The molecule has 2 fully saturated rings. The van der Waals surface area contributed by atoms with Gasteiger partial charge in [-0.1, -0.05) is 0 Å². The van der Waals surface area contributed by atoms with Crippen LogP contribution >= 0.6 is 0 Å². The second-order valence-electron chi connectivity index (χ2n) is 4.16. The molecule has 0 spiro atoms. The zero-order chi connectivity index (χ0) is 9.54. The van der Waals surface area contributed by atoms with Crippen LogP contribution in [0.15, 0.2) is 12.4 Å². The summed E-state index contributed by atoms with van der Waals surface area (Å²) in [6.07, 6.45) is 8.05. The monoisotopic (exact) mass is 191 g/mol. The number of carbonyl (C=O) groups excluding carboxylic acids is 1. The molecule has 3 heterocycles. The first kappa shape index (κ1) is 8.03. The van der Waals surface area contributed by atoms with E-state index in [0.29, 0.717) is 17.6 Å². The summed E-state index contributed by atoms with van der Waals surface area (Å²) in [6, 6.07) is 1.00. The number of hydrogen-bond donors (Lipinski definition) is 1. The van der Waals surface area contributed by atoms with Gasteiger partial charge in [-0.05, 0) is 25.7 Å². The van der Waals surface area contributed by atoms with Crippen LogP contribution < -0.4 is 0 Å². The predicted octanol–water partition coefficient (Wildman–Crippen LogP) is 1.18. The van der Waals surface area contributed by atoms with Crippen LogP contribution in [0.1, 0.15) is 36.0 Å². The second kappa shape index (κ2) is 2.83. The van der Waals surface area contributed by atoms with Gasteiger partial charge in [0.1, 0.15) is 0 Å². The maximum atomic E-state index is 12.0. The van der Waals surface area contributed by atoms with E-state index in [1.54, 1.807) is 12.4 Å². The van der Waals surface area contributed by atoms with Crippen LogP contribution in [0, 0.1) is 0 Å². The highest BCUT2D eigenvalue weighted by Gasteiger charge is 2.42. The van der Waals surface area contributed by atoms with Crippen LogP contribution in [0.2, 0.25) is 0 Å². The van der Waals surface area contributed by atoms with Gasteiger partial charge in [-0.2, -0.15) is 5.10 Å². The molecule has 74 valence electrons. The fraction of sp³-hybridized carbons (Fsp3) is 0.600. The Bertz CT molecular complexity index is 326. The summed E-state index contributed by atoms with van der Waals surface area (Å²) in [7, 11) is 0. The summed E-state index contributed by atoms with van der Waals surface area (Å²) in [5.41, 5.74) is 0.698. The summed E-state index contributed by atoms with van der Waals surface area (Å²) >= 11 is 0. The van der Waals surface area contributed by atoms with Gasteiger partial charge in [-0.3, -0.25) is 9.89 Å². The molecule has 2 aliphatic heterocycles. The van der Waals surface area contributed by atoms with Crippen molar-refractivity contribution in [3.8, 4) is 0 Å². The fourth-order valence-corrected chi connectivity index (χ4v) is 2.76. The van der Waals surface area contributed by atoms with E-state index in [0.717, 1.165) is 0 Å². The second-order valence-corrected chi connectivity index (χ2v) is 4.16. The Morgan fingerprint density at radius 3 is 2.50 bits per heavy atom. The molecule has 1 N–H and O–H groups in total. The normalized spacial score (nSPS) is 29.9. The van der Waals surface area contributed by atoms with Gasteiger partial charge in [-0.15, -0.1) is 0 Å². The molecular weight excluding hydrogens is 178 g/mol. The van der Waals surface area contributed by atoms with Crippen LogP contribution in [0.4, 0.5) is 0 Å². The molecule has 14 heavy (non-hydrogen) atoms. The highest BCUT2D eigenvalue weighted by molar-refractivity contribution is 5.94. The minimum absolute atomic E-state index is 0.156. The van der Waals surface area contributed by atoms with Crippen LogP contribution in [-0.2, 0) is 0 Å². The third-order valence-electron chi connectivity index (χ3n) is 3.43. The molecule has 1 aromatic heterocycles. The molecule has 4 heteroatoms. The van der Waals surface area contributed by atoms with Crippen molar-refractivity contribution in [2.45, 2.75) is 37.8 Å². The lowest BCUT2D eigenvalue weighted by Gasteiger charge is -2.20. The van der Waals surface area contributed by atoms with Gasteiger partial charge in [0.15, 0.2) is 0 Å². The number of fused-ring (bicyclic) bond motifs is 2. The number of nitrogens with zero attached hydrogens (tertiary/aromatic N) is 2. The number of amides is 1. The molecule has 2 aliphatic rings. The number of hydrogen-bond acceptors (Lipinski definition) is 2. The fourth-order valence-electron chi connectivity index (χ4n) is 2.76. The number of aromatic nitrogens is 2. The largest absolute Gasteiger partial charge is 0.333 e. The molecule has 0 atom stereocenters. The van der Waals surface area contributed by atoms with E-state index in [4.69, 9.17) is 0 Å². The summed E-state index contributed by atoms with van der Waals surface area (Å²) in [5.74, 6) is 0.156. The minimum atomic E-state index is 0.156. The zero-order valence-electron chi connectivity index (χ0n) is 7.94. The number of rotatable bonds is 1. The maximum absolute atomic E-state index is 12.0. The molecule has 1 amide bonds. The lowest BCUT2D eigenvalue weighted by Crippen LogP contribution is -2.34. The Morgan fingerprint density at radius 2 is 2.00 bits per heavy atom. The van der Waals surface area contributed by atoms with E-state index < -0.39 is 0 Å². The van der Waals surface area contributed by atoms with Crippen LogP contribution in [0.5, 0.6) is 0 Å². The highest BCUT2D eigenvalue weighted by Crippen LogP contribution is 2.38. The lowest BCUT2D eigenvalue weighted by atomic mass is 10.0. The maximum Gasteiger partial charge on any atom is 0.257 e.